The topological polar surface area (TPSA) is 80.6 Å². The Labute approximate surface area is 170 Å². The van der Waals surface area contributed by atoms with Crippen LogP contribution in [0.4, 0.5) is 5.69 Å². The fourth-order valence-corrected chi connectivity index (χ4v) is 3.37. The summed E-state index contributed by atoms with van der Waals surface area (Å²) in [5.41, 5.74) is 2.07. The van der Waals surface area contributed by atoms with Crippen LogP contribution in [0.25, 0.3) is 0 Å². The van der Waals surface area contributed by atoms with Crippen LogP contribution in [0.15, 0.2) is 69.8 Å². The molecule has 2 N–H and O–H groups in total. The molecule has 1 aliphatic heterocycles. The van der Waals surface area contributed by atoms with Gasteiger partial charge in [0.1, 0.15) is 5.75 Å². The highest BCUT2D eigenvalue weighted by Crippen LogP contribution is 2.31. The van der Waals surface area contributed by atoms with Crippen LogP contribution in [0.5, 0.6) is 5.75 Å². The summed E-state index contributed by atoms with van der Waals surface area (Å²) in [5.74, 6) is 0.477. The maximum absolute atomic E-state index is 12.6. The average Bonchev–Trinajstić information content (AvgIpc) is 3.15. The number of furan rings is 1. The fourth-order valence-electron chi connectivity index (χ4n) is 3.07. The van der Waals surface area contributed by atoms with Gasteiger partial charge in [0.05, 0.1) is 12.6 Å². The number of amides is 2. The smallest absolute Gasteiger partial charge is 0.291 e. The highest BCUT2D eigenvalue weighted by molar-refractivity contribution is 9.10. The van der Waals surface area contributed by atoms with Gasteiger partial charge >= 0.3 is 0 Å². The highest BCUT2D eigenvalue weighted by atomic mass is 79.9. The van der Waals surface area contributed by atoms with E-state index in [2.05, 4.69) is 26.6 Å². The molecule has 2 amide bonds. The first-order valence-electron chi connectivity index (χ1n) is 8.79. The number of para-hydroxylation sites is 1. The number of hydrogen-bond donors (Lipinski definition) is 2. The summed E-state index contributed by atoms with van der Waals surface area (Å²) >= 11 is 3.16. The summed E-state index contributed by atoms with van der Waals surface area (Å²) in [6.07, 6.45) is 0.718. The minimum absolute atomic E-state index is 0.0887. The molecule has 28 heavy (non-hydrogen) atoms. The van der Waals surface area contributed by atoms with Crippen LogP contribution in [0.3, 0.4) is 0 Å². The van der Waals surface area contributed by atoms with Crippen molar-refractivity contribution in [3.05, 3.63) is 82.2 Å². The van der Waals surface area contributed by atoms with Crippen LogP contribution >= 0.6 is 15.9 Å². The molecule has 2 aromatic carbocycles. The van der Waals surface area contributed by atoms with Crippen LogP contribution < -0.4 is 15.4 Å². The Kier molecular flexibility index (Phi) is 5.16. The molecule has 3 aromatic rings. The standard InChI is InChI=1S/C21H17BrN2O4/c22-19-10-9-18(28-19)21(26)23-14-7-5-13(6-8-14)20(25)24-16-11-12-27-17-4-2-1-3-15(16)17/h1-10,16H,11-12H2,(H,23,26)(H,24,25). The molecule has 0 saturated carbocycles. The van der Waals surface area contributed by atoms with Gasteiger partial charge in [-0.3, -0.25) is 9.59 Å². The van der Waals surface area contributed by atoms with Gasteiger partial charge in [0.25, 0.3) is 11.8 Å². The quantitative estimate of drug-likeness (QED) is 0.623. The monoisotopic (exact) mass is 440 g/mol. The zero-order valence-corrected chi connectivity index (χ0v) is 16.4. The fraction of sp³-hybridized carbons (Fsp3) is 0.143. The molecular formula is C21H17BrN2O4. The summed E-state index contributed by atoms with van der Waals surface area (Å²) in [4.78, 5) is 24.7. The number of carbonyl (C=O) groups is 2. The molecule has 0 radical (unpaired) electrons. The predicted octanol–water partition coefficient (Wildman–Crippen LogP) is 4.55. The Bertz CT molecular complexity index is 1010. The molecule has 4 rings (SSSR count). The van der Waals surface area contributed by atoms with Crippen molar-refractivity contribution in [2.45, 2.75) is 12.5 Å². The van der Waals surface area contributed by atoms with Gasteiger partial charge in [0, 0.05) is 23.2 Å². The van der Waals surface area contributed by atoms with E-state index in [1.807, 2.05) is 24.3 Å². The maximum atomic E-state index is 12.6. The minimum atomic E-state index is -0.360. The molecule has 7 heteroatoms. The van der Waals surface area contributed by atoms with Crippen molar-refractivity contribution >= 4 is 33.4 Å². The SMILES string of the molecule is O=C(NC1CCOc2ccccc21)c1ccc(NC(=O)c2ccc(Br)o2)cc1. The zero-order chi connectivity index (χ0) is 19.5. The number of carbonyl (C=O) groups excluding carboxylic acids is 2. The number of rotatable bonds is 4. The molecule has 6 nitrogen and oxygen atoms in total. The van der Waals surface area contributed by atoms with E-state index >= 15 is 0 Å². The van der Waals surface area contributed by atoms with Crippen molar-refractivity contribution < 1.29 is 18.7 Å². The van der Waals surface area contributed by atoms with Crippen LogP contribution in [-0.2, 0) is 0 Å². The predicted molar refractivity (Wildman–Crippen MR) is 108 cm³/mol. The molecule has 0 bridgehead atoms. The summed E-state index contributed by atoms with van der Waals surface area (Å²) < 4.78 is 11.3. The lowest BCUT2D eigenvalue weighted by molar-refractivity contribution is 0.0924. The summed E-state index contributed by atoms with van der Waals surface area (Å²) in [5, 5.41) is 5.78. The van der Waals surface area contributed by atoms with E-state index in [1.165, 1.54) is 0 Å². The van der Waals surface area contributed by atoms with Crippen molar-refractivity contribution in [3.63, 3.8) is 0 Å². The van der Waals surface area contributed by atoms with E-state index in [-0.39, 0.29) is 23.6 Å². The summed E-state index contributed by atoms with van der Waals surface area (Å²) in [7, 11) is 0. The van der Waals surface area contributed by atoms with E-state index < -0.39 is 0 Å². The molecule has 1 aliphatic rings. The number of fused-ring (bicyclic) bond motifs is 1. The van der Waals surface area contributed by atoms with Gasteiger partial charge in [-0.1, -0.05) is 18.2 Å². The van der Waals surface area contributed by atoms with Gasteiger partial charge in [-0.2, -0.15) is 0 Å². The third-order valence-corrected chi connectivity index (χ3v) is 4.89. The number of halogens is 1. The van der Waals surface area contributed by atoms with Crippen molar-refractivity contribution in [1.29, 1.82) is 0 Å². The number of benzene rings is 2. The van der Waals surface area contributed by atoms with Crippen LogP contribution in [0, 0.1) is 0 Å². The molecule has 1 aromatic heterocycles. The molecule has 0 aliphatic carbocycles. The van der Waals surface area contributed by atoms with Crippen LogP contribution in [0.2, 0.25) is 0 Å². The van der Waals surface area contributed by atoms with E-state index in [9.17, 15) is 9.59 Å². The van der Waals surface area contributed by atoms with Gasteiger partial charge in [-0.15, -0.1) is 0 Å². The third kappa shape index (κ3) is 3.94. The number of anilines is 1. The highest BCUT2D eigenvalue weighted by Gasteiger charge is 2.23. The lowest BCUT2D eigenvalue weighted by Gasteiger charge is -2.26. The van der Waals surface area contributed by atoms with Crippen molar-refractivity contribution in [2.75, 3.05) is 11.9 Å². The van der Waals surface area contributed by atoms with E-state index in [4.69, 9.17) is 9.15 Å². The first-order valence-corrected chi connectivity index (χ1v) is 9.59. The molecule has 1 atom stereocenters. The normalized spacial score (nSPS) is 15.2. The van der Waals surface area contributed by atoms with Gasteiger partial charge in [-0.25, -0.2) is 0 Å². The Balaban J connectivity index is 1.41. The maximum Gasteiger partial charge on any atom is 0.291 e. The van der Waals surface area contributed by atoms with Gasteiger partial charge in [0.15, 0.2) is 10.4 Å². The largest absolute Gasteiger partial charge is 0.493 e. The Morgan fingerprint density at radius 1 is 0.964 bits per heavy atom. The third-order valence-electron chi connectivity index (χ3n) is 4.47. The second-order valence-corrected chi connectivity index (χ2v) is 7.12. The van der Waals surface area contributed by atoms with Crippen molar-refractivity contribution in [3.8, 4) is 5.75 Å². The Morgan fingerprint density at radius 3 is 2.50 bits per heavy atom. The second kappa shape index (κ2) is 7.90. The molecule has 1 unspecified atom stereocenters. The first kappa shape index (κ1) is 18.3. The minimum Gasteiger partial charge on any atom is -0.493 e. The van der Waals surface area contributed by atoms with Gasteiger partial charge in [-0.05, 0) is 58.4 Å². The van der Waals surface area contributed by atoms with Crippen molar-refractivity contribution in [2.24, 2.45) is 0 Å². The lowest BCUT2D eigenvalue weighted by Crippen LogP contribution is -2.32. The molecule has 2 heterocycles. The Morgan fingerprint density at radius 2 is 1.75 bits per heavy atom. The Hall–Kier alpha value is -3.06. The molecular weight excluding hydrogens is 424 g/mol. The van der Waals surface area contributed by atoms with E-state index in [0.29, 0.717) is 22.5 Å². The molecule has 0 fully saturated rings. The van der Waals surface area contributed by atoms with Crippen LogP contribution in [-0.4, -0.2) is 18.4 Å². The summed E-state index contributed by atoms with van der Waals surface area (Å²) in [6.45, 7) is 0.565. The zero-order valence-electron chi connectivity index (χ0n) is 14.8. The van der Waals surface area contributed by atoms with E-state index in [0.717, 1.165) is 17.7 Å². The van der Waals surface area contributed by atoms with E-state index in [1.54, 1.807) is 36.4 Å². The second-order valence-electron chi connectivity index (χ2n) is 6.34. The average molecular weight is 441 g/mol. The molecule has 0 saturated heterocycles. The number of nitrogens with one attached hydrogen (secondary N) is 2. The van der Waals surface area contributed by atoms with Gasteiger partial charge in [0.2, 0.25) is 0 Å². The molecule has 142 valence electrons. The first-order chi connectivity index (χ1) is 13.6. The number of ether oxygens (including phenoxy) is 1. The number of hydrogen-bond acceptors (Lipinski definition) is 4. The lowest BCUT2D eigenvalue weighted by atomic mass is 10.00. The van der Waals surface area contributed by atoms with Gasteiger partial charge < -0.3 is 19.8 Å². The summed E-state index contributed by atoms with van der Waals surface area (Å²) in [6, 6.07) is 17.6. The van der Waals surface area contributed by atoms with Crippen LogP contribution in [0.1, 0.15) is 38.9 Å². The van der Waals surface area contributed by atoms with Crippen molar-refractivity contribution in [1.82, 2.24) is 5.32 Å². The molecule has 0 spiro atoms.